The average molecular weight is 398 g/mol. The number of nitrogens with zero attached hydrogens (tertiary/aromatic N) is 1. The summed E-state index contributed by atoms with van der Waals surface area (Å²) in [4.78, 5) is 13.7. The van der Waals surface area contributed by atoms with E-state index in [-0.39, 0.29) is 11.9 Å². The monoisotopic (exact) mass is 397 g/mol. The molecule has 1 aliphatic heterocycles. The fraction of sp³-hybridized carbons (Fsp3) is 0.364. The van der Waals surface area contributed by atoms with Crippen molar-refractivity contribution in [2.75, 3.05) is 23.4 Å². The Hall–Kier alpha value is -2.60. The standard InChI is InChI=1S/C22H27N3O2S/c1-15-6-11-20(13-16(15)2)27-14-17(3)23-22(28)24-18-7-9-19(10-8-18)25-12-4-5-21(25)26/h6-11,13,17H,4-5,12,14H2,1-3H3,(H2,23,24,28). The van der Waals surface area contributed by atoms with Gasteiger partial charge in [-0.2, -0.15) is 0 Å². The van der Waals surface area contributed by atoms with Crippen molar-refractivity contribution in [1.82, 2.24) is 5.32 Å². The molecule has 2 aromatic carbocycles. The van der Waals surface area contributed by atoms with Gasteiger partial charge in [0.1, 0.15) is 12.4 Å². The smallest absolute Gasteiger partial charge is 0.227 e. The molecular weight excluding hydrogens is 370 g/mol. The van der Waals surface area contributed by atoms with E-state index in [9.17, 15) is 4.79 Å². The number of rotatable bonds is 6. The number of nitrogens with one attached hydrogen (secondary N) is 2. The molecule has 1 amide bonds. The number of benzene rings is 2. The van der Waals surface area contributed by atoms with Crippen LogP contribution in [0.1, 0.15) is 30.9 Å². The van der Waals surface area contributed by atoms with Crippen LogP contribution in [0.3, 0.4) is 0 Å². The molecule has 28 heavy (non-hydrogen) atoms. The van der Waals surface area contributed by atoms with Crippen molar-refractivity contribution < 1.29 is 9.53 Å². The van der Waals surface area contributed by atoms with E-state index in [2.05, 4.69) is 30.5 Å². The Bertz CT molecular complexity index is 851. The molecule has 1 unspecified atom stereocenters. The van der Waals surface area contributed by atoms with Gasteiger partial charge in [-0.25, -0.2) is 0 Å². The molecule has 1 fully saturated rings. The summed E-state index contributed by atoms with van der Waals surface area (Å²) in [6.07, 6.45) is 1.56. The third kappa shape index (κ3) is 5.23. The van der Waals surface area contributed by atoms with Gasteiger partial charge in [0.25, 0.3) is 0 Å². The maximum absolute atomic E-state index is 11.8. The number of amides is 1. The molecule has 2 N–H and O–H groups in total. The zero-order chi connectivity index (χ0) is 20.1. The van der Waals surface area contributed by atoms with E-state index in [1.807, 2.05) is 48.2 Å². The maximum atomic E-state index is 11.8. The lowest BCUT2D eigenvalue weighted by Crippen LogP contribution is -2.39. The minimum absolute atomic E-state index is 0.0584. The van der Waals surface area contributed by atoms with Crippen LogP contribution in [0.5, 0.6) is 5.75 Å². The van der Waals surface area contributed by atoms with Gasteiger partial charge in [0.15, 0.2) is 5.11 Å². The van der Waals surface area contributed by atoms with Crippen LogP contribution >= 0.6 is 12.2 Å². The Kier molecular flexibility index (Phi) is 6.52. The lowest BCUT2D eigenvalue weighted by molar-refractivity contribution is -0.117. The molecule has 0 saturated carbocycles. The third-order valence-electron chi connectivity index (χ3n) is 4.87. The fourth-order valence-electron chi connectivity index (χ4n) is 3.10. The van der Waals surface area contributed by atoms with Crippen LogP contribution in [0.25, 0.3) is 0 Å². The Morgan fingerprint density at radius 3 is 2.57 bits per heavy atom. The zero-order valence-electron chi connectivity index (χ0n) is 16.6. The highest BCUT2D eigenvalue weighted by Gasteiger charge is 2.21. The molecular formula is C22H27N3O2S. The first-order valence-electron chi connectivity index (χ1n) is 9.60. The van der Waals surface area contributed by atoms with Gasteiger partial charge >= 0.3 is 0 Å². The molecule has 5 nitrogen and oxygen atoms in total. The lowest BCUT2D eigenvalue weighted by Gasteiger charge is -2.19. The second-order valence-electron chi connectivity index (χ2n) is 7.25. The molecule has 0 aliphatic carbocycles. The number of thiocarbonyl (C=S) groups is 1. The van der Waals surface area contributed by atoms with Crippen LogP contribution in [0, 0.1) is 13.8 Å². The first-order valence-corrected chi connectivity index (χ1v) is 10.0. The highest BCUT2D eigenvalue weighted by molar-refractivity contribution is 7.80. The number of anilines is 2. The molecule has 0 radical (unpaired) electrons. The molecule has 0 aromatic heterocycles. The average Bonchev–Trinajstić information content (AvgIpc) is 3.09. The van der Waals surface area contributed by atoms with E-state index < -0.39 is 0 Å². The van der Waals surface area contributed by atoms with Crippen LogP contribution < -0.4 is 20.3 Å². The number of carbonyl (C=O) groups excluding carboxylic acids is 1. The van der Waals surface area contributed by atoms with Crippen LogP contribution in [0.4, 0.5) is 11.4 Å². The van der Waals surface area contributed by atoms with Crippen LogP contribution in [-0.2, 0) is 4.79 Å². The Morgan fingerprint density at radius 1 is 1.18 bits per heavy atom. The van der Waals surface area contributed by atoms with Gasteiger partial charge in [0.05, 0.1) is 6.04 Å². The Morgan fingerprint density at radius 2 is 1.93 bits per heavy atom. The minimum atomic E-state index is 0.0584. The summed E-state index contributed by atoms with van der Waals surface area (Å²) in [6.45, 7) is 7.50. The predicted molar refractivity (Wildman–Crippen MR) is 118 cm³/mol. The number of ether oxygens (including phenoxy) is 1. The maximum Gasteiger partial charge on any atom is 0.227 e. The first kappa shape index (κ1) is 20.1. The molecule has 0 bridgehead atoms. The van der Waals surface area contributed by atoms with E-state index in [1.165, 1.54) is 11.1 Å². The quantitative estimate of drug-likeness (QED) is 0.716. The van der Waals surface area contributed by atoms with Gasteiger partial charge in [-0.1, -0.05) is 6.07 Å². The van der Waals surface area contributed by atoms with Gasteiger partial charge in [-0.3, -0.25) is 4.79 Å². The molecule has 1 atom stereocenters. The zero-order valence-corrected chi connectivity index (χ0v) is 17.4. The van der Waals surface area contributed by atoms with Crippen molar-refractivity contribution in [2.24, 2.45) is 0 Å². The summed E-state index contributed by atoms with van der Waals surface area (Å²) in [7, 11) is 0. The van der Waals surface area contributed by atoms with Gasteiger partial charge in [-0.05, 0) is 86.9 Å². The minimum Gasteiger partial charge on any atom is -0.491 e. The van der Waals surface area contributed by atoms with E-state index >= 15 is 0 Å². The van der Waals surface area contributed by atoms with Gasteiger partial charge < -0.3 is 20.3 Å². The summed E-state index contributed by atoms with van der Waals surface area (Å²) in [5.74, 6) is 1.05. The molecule has 1 saturated heterocycles. The third-order valence-corrected chi connectivity index (χ3v) is 5.09. The van der Waals surface area contributed by atoms with Gasteiger partial charge in [0.2, 0.25) is 5.91 Å². The molecule has 6 heteroatoms. The first-order chi connectivity index (χ1) is 13.4. The number of hydrogen-bond donors (Lipinski definition) is 2. The van der Waals surface area contributed by atoms with Crippen molar-refractivity contribution in [3.05, 3.63) is 53.6 Å². The Balaban J connectivity index is 1.46. The topological polar surface area (TPSA) is 53.6 Å². The number of carbonyl (C=O) groups is 1. The molecule has 2 aromatic rings. The van der Waals surface area contributed by atoms with Crippen LogP contribution in [0.15, 0.2) is 42.5 Å². The predicted octanol–water partition coefficient (Wildman–Crippen LogP) is 4.18. The van der Waals surface area contributed by atoms with Crippen LogP contribution in [0.2, 0.25) is 0 Å². The fourth-order valence-corrected chi connectivity index (χ4v) is 3.42. The molecule has 3 rings (SSSR count). The van der Waals surface area contributed by atoms with Crippen molar-refractivity contribution in [2.45, 2.75) is 39.7 Å². The highest BCUT2D eigenvalue weighted by Crippen LogP contribution is 2.23. The van der Waals surface area contributed by atoms with Crippen molar-refractivity contribution >= 4 is 34.6 Å². The summed E-state index contributed by atoms with van der Waals surface area (Å²) in [5.41, 5.74) is 4.29. The SMILES string of the molecule is Cc1ccc(OCC(C)NC(=S)Nc2ccc(N3CCCC3=O)cc2)cc1C. The van der Waals surface area contributed by atoms with Gasteiger partial charge in [0, 0.05) is 24.3 Å². The van der Waals surface area contributed by atoms with E-state index in [1.54, 1.807) is 0 Å². The normalized spacial score (nSPS) is 14.7. The molecule has 1 heterocycles. The van der Waals surface area contributed by atoms with E-state index in [0.717, 1.165) is 30.1 Å². The number of aryl methyl sites for hydroxylation is 2. The summed E-state index contributed by atoms with van der Waals surface area (Å²) < 4.78 is 5.85. The van der Waals surface area contributed by atoms with Crippen molar-refractivity contribution in [3.8, 4) is 5.75 Å². The summed E-state index contributed by atoms with van der Waals surface area (Å²) in [5, 5.41) is 6.95. The van der Waals surface area contributed by atoms with Crippen molar-refractivity contribution in [3.63, 3.8) is 0 Å². The molecule has 0 spiro atoms. The van der Waals surface area contributed by atoms with Gasteiger partial charge in [-0.15, -0.1) is 0 Å². The van der Waals surface area contributed by atoms with E-state index in [0.29, 0.717) is 18.1 Å². The second-order valence-corrected chi connectivity index (χ2v) is 7.66. The largest absolute Gasteiger partial charge is 0.491 e. The van der Waals surface area contributed by atoms with Crippen molar-refractivity contribution in [1.29, 1.82) is 0 Å². The molecule has 1 aliphatic rings. The van der Waals surface area contributed by atoms with Crippen LogP contribution in [-0.4, -0.2) is 30.2 Å². The van der Waals surface area contributed by atoms with E-state index in [4.69, 9.17) is 17.0 Å². The summed E-state index contributed by atoms with van der Waals surface area (Å²) in [6, 6.07) is 13.9. The summed E-state index contributed by atoms with van der Waals surface area (Å²) >= 11 is 5.40. The number of hydrogen-bond acceptors (Lipinski definition) is 3. The molecule has 148 valence electrons. The highest BCUT2D eigenvalue weighted by atomic mass is 32.1. The lowest BCUT2D eigenvalue weighted by atomic mass is 10.1. The second kappa shape index (κ2) is 9.06. The Labute approximate surface area is 172 Å².